The first-order valence-corrected chi connectivity index (χ1v) is 13.8. The Labute approximate surface area is 263 Å². The Bertz CT molecular complexity index is 1670. The number of benzene rings is 4. The highest BCUT2D eigenvalue weighted by Crippen LogP contribution is 2.35. The maximum atomic E-state index is 12.6. The Morgan fingerprint density at radius 3 is 1.27 bits per heavy atom. The lowest BCUT2D eigenvalue weighted by Gasteiger charge is -2.08. The van der Waals surface area contributed by atoms with Crippen molar-refractivity contribution < 1.29 is 19.8 Å². The van der Waals surface area contributed by atoms with E-state index in [4.69, 9.17) is 23.2 Å². The van der Waals surface area contributed by atoms with Crippen molar-refractivity contribution in [2.75, 3.05) is 10.6 Å². The number of hydrogen-bond acceptors (Lipinski definition) is 8. The molecule has 10 nitrogen and oxygen atoms in total. The third-order valence-corrected chi connectivity index (χ3v) is 6.53. The average Bonchev–Trinajstić information content (AvgIpc) is 2.99. The van der Waals surface area contributed by atoms with Gasteiger partial charge < -0.3 is 20.8 Å². The fourth-order valence-corrected chi connectivity index (χ4v) is 4.17. The number of halogens is 2. The molecule has 0 aromatic heterocycles. The van der Waals surface area contributed by atoms with Crippen LogP contribution in [0.3, 0.4) is 0 Å². The van der Waals surface area contributed by atoms with E-state index in [-0.39, 0.29) is 44.3 Å². The standard InChI is InChI=1S/C32H26Cl2N6O4/c1-19(41)29(31(43)35-23-9-5-3-6-10-23)39-37-27-15-13-21(17-25(27)33)22-14-16-28(26(34)18-22)38-40-30(20(2)42)32(44)36-24-11-7-4-8-12-24/h3-18,41-42H,1-2H3,(H,35,43)(H,36,44). The number of carbonyl (C=O) groups is 2. The van der Waals surface area contributed by atoms with Gasteiger partial charge in [-0.1, -0.05) is 71.7 Å². The molecule has 0 fully saturated rings. The van der Waals surface area contributed by atoms with Gasteiger partial charge in [-0.3, -0.25) is 9.59 Å². The first-order chi connectivity index (χ1) is 21.1. The molecule has 0 aliphatic heterocycles. The molecule has 44 heavy (non-hydrogen) atoms. The van der Waals surface area contributed by atoms with Gasteiger partial charge in [0, 0.05) is 11.4 Å². The van der Waals surface area contributed by atoms with Gasteiger partial charge in [-0.25, -0.2) is 0 Å². The van der Waals surface area contributed by atoms with E-state index in [0.717, 1.165) is 0 Å². The molecule has 0 atom stereocenters. The number of carbonyl (C=O) groups excluding carboxylic acids is 2. The van der Waals surface area contributed by atoms with E-state index >= 15 is 0 Å². The van der Waals surface area contributed by atoms with E-state index in [0.29, 0.717) is 22.5 Å². The SMILES string of the molecule is CC(O)=C(N=Nc1ccc(-c2ccc(N=NC(C(=O)Nc3ccccc3)=C(C)O)c(Cl)c2)cc1Cl)C(=O)Nc1ccccc1. The number of para-hydroxylation sites is 2. The monoisotopic (exact) mass is 628 g/mol. The molecule has 0 aliphatic rings. The van der Waals surface area contributed by atoms with Crippen molar-refractivity contribution in [3.63, 3.8) is 0 Å². The molecule has 0 saturated heterocycles. The lowest BCUT2D eigenvalue weighted by Crippen LogP contribution is -2.14. The second-order valence-electron chi connectivity index (χ2n) is 9.24. The number of hydrogen-bond donors (Lipinski definition) is 4. The third-order valence-electron chi connectivity index (χ3n) is 5.92. The van der Waals surface area contributed by atoms with Crippen LogP contribution in [0.15, 0.2) is 140 Å². The average molecular weight is 630 g/mol. The highest BCUT2D eigenvalue weighted by molar-refractivity contribution is 6.34. The van der Waals surface area contributed by atoms with Crippen LogP contribution < -0.4 is 10.6 Å². The van der Waals surface area contributed by atoms with Crippen molar-refractivity contribution >= 4 is 57.8 Å². The van der Waals surface area contributed by atoms with Crippen molar-refractivity contribution in [3.8, 4) is 11.1 Å². The molecular weight excluding hydrogens is 603 g/mol. The quantitative estimate of drug-likeness (QED) is 0.0828. The second kappa shape index (κ2) is 14.7. The van der Waals surface area contributed by atoms with Crippen LogP contribution in [-0.2, 0) is 9.59 Å². The van der Waals surface area contributed by atoms with Crippen LogP contribution in [-0.4, -0.2) is 22.0 Å². The van der Waals surface area contributed by atoms with Crippen LogP contribution in [0.25, 0.3) is 11.1 Å². The number of aliphatic hydroxyl groups excluding tert-OH is 2. The van der Waals surface area contributed by atoms with Gasteiger partial charge in [0.2, 0.25) is 0 Å². The Morgan fingerprint density at radius 2 is 0.955 bits per heavy atom. The number of amides is 2. The normalized spacial score (nSPS) is 12.5. The highest BCUT2D eigenvalue weighted by Gasteiger charge is 2.15. The summed E-state index contributed by atoms with van der Waals surface area (Å²) in [6.07, 6.45) is 0. The highest BCUT2D eigenvalue weighted by atomic mass is 35.5. The number of aliphatic hydroxyl groups is 2. The number of anilines is 2. The van der Waals surface area contributed by atoms with Crippen molar-refractivity contribution in [2.24, 2.45) is 20.5 Å². The molecule has 222 valence electrons. The van der Waals surface area contributed by atoms with Crippen LogP contribution in [0.5, 0.6) is 0 Å². The molecule has 12 heteroatoms. The fraction of sp³-hybridized carbons (Fsp3) is 0.0625. The topological polar surface area (TPSA) is 148 Å². The zero-order valence-corrected chi connectivity index (χ0v) is 25.0. The maximum absolute atomic E-state index is 12.6. The number of rotatable bonds is 9. The van der Waals surface area contributed by atoms with Gasteiger partial charge in [-0.2, -0.15) is 0 Å². The van der Waals surface area contributed by atoms with E-state index < -0.39 is 11.8 Å². The van der Waals surface area contributed by atoms with E-state index in [1.807, 2.05) is 12.1 Å². The molecule has 0 aliphatic carbocycles. The van der Waals surface area contributed by atoms with E-state index in [2.05, 4.69) is 31.1 Å². The molecule has 0 radical (unpaired) electrons. The second-order valence-corrected chi connectivity index (χ2v) is 10.1. The lowest BCUT2D eigenvalue weighted by atomic mass is 10.1. The minimum Gasteiger partial charge on any atom is -0.510 e. The zero-order valence-electron chi connectivity index (χ0n) is 23.5. The lowest BCUT2D eigenvalue weighted by molar-refractivity contribution is -0.113. The van der Waals surface area contributed by atoms with Crippen molar-refractivity contribution in [3.05, 3.63) is 130 Å². The van der Waals surface area contributed by atoms with Crippen LogP contribution >= 0.6 is 23.2 Å². The van der Waals surface area contributed by atoms with E-state index in [9.17, 15) is 19.8 Å². The predicted octanol–water partition coefficient (Wildman–Crippen LogP) is 9.68. The Balaban J connectivity index is 1.48. The first-order valence-electron chi connectivity index (χ1n) is 13.1. The summed E-state index contributed by atoms with van der Waals surface area (Å²) in [6, 6.07) is 27.4. The molecule has 4 rings (SSSR count). The van der Waals surface area contributed by atoms with Crippen LogP contribution in [0.2, 0.25) is 10.0 Å². The molecule has 0 heterocycles. The molecule has 2 amide bonds. The summed E-state index contributed by atoms with van der Waals surface area (Å²) < 4.78 is 0. The van der Waals surface area contributed by atoms with Crippen LogP contribution in [0.4, 0.5) is 22.7 Å². The summed E-state index contributed by atoms with van der Waals surface area (Å²) in [5.41, 5.74) is 2.47. The Hall–Kier alpha value is -5.32. The molecule has 0 unspecified atom stereocenters. The smallest absolute Gasteiger partial charge is 0.279 e. The Morgan fingerprint density at radius 1 is 0.591 bits per heavy atom. The molecule has 4 aromatic carbocycles. The summed E-state index contributed by atoms with van der Waals surface area (Å²) in [7, 11) is 0. The van der Waals surface area contributed by atoms with Crippen molar-refractivity contribution in [2.45, 2.75) is 13.8 Å². The van der Waals surface area contributed by atoms with E-state index in [1.165, 1.54) is 13.8 Å². The first kappa shape index (κ1) is 31.6. The maximum Gasteiger partial charge on any atom is 0.279 e. The van der Waals surface area contributed by atoms with Crippen LogP contribution in [0, 0.1) is 0 Å². The largest absolute Gasteiger partial charge is 0.510 e. The summed E-state index contributed by atoms with van der Waals surface area (Å²) in [5.74, 6) is -1.88. The fourth-order valence-electron chi connectivity index (χ4n) is 3.73. The van der Waals surface area contributed by atoms with Crippen molar-refractivity contribution in [1.29, 1.82) is 0 Å². The molecular formula is C32H26Cl2N6O4. The molecule has 0 spiro atoms. The van der Waals surface area contributed by atoms with Gasteiger partial charge in [-0.15, -0.1) is 20.5 Å². The number of azo groups is 2. The van der Waals surface area contributed by atoms with E-state index in [1.54, 1.807) is 84.9 Å². The Kier molecular flexibility index (Phi) is 10.6. The molecule has 4 aromatic rings. The molecule has 4 N–H and O–H groups in total. The summed E-state index contributed by atoms with van der Waals surface area (Å²) in [4.78, 5) is 25.2. The summed E-state index contributed by atoms with van der Waals surface area (Å²) in [6.45, 7) is 2.66. The minimum absolute atomic E-state index is 0.238. The minimum atomic E-state index is -0.631. The molecule has 0 saturated carbocycles. The van der Waals surface area contributed by atoms with Gasteiger partial charge in [0.05, 0.1) is 10.0 Å². The van der Waals surface area contributed by atoms with Gasteiger partial charge in [0.1, 0.15) is 22.9 Å². The third kappa shape index (κ3) is 8.37. The number of allylic oxidation sites excluding steroid dienone is 2. The zero-order chi connectivity index (χ0) is 31.6. The summed E-state index contributed by atoms with van der Waals surface area (Å²) >= 11 is 12.9. The number of nitrogens with one attached hydrogen (secondary N) is 2. The van der Waals surface area contributed by atoms with Gasteiger partial charge in [0.15, 0.2) is 11.4 Å². The van der Waals surface area contributed by atoms with Gasteiger partial charge >= 0.3 is 0 Å². The van der Waals surface area contributed by atoms with Gasteiger partial charge in [-0.05, 0) is 73.5 Å². The van der Waals surface area contributed by atoms with Crippen LogP contribution in [0.1, 0.15) is 13.8 Å². The van der Waals surface area contributed by atoms with Crippen molar-refractivity contribution in [1.82, 2.24) is 0 Å². The predicted molar refractivity (Wildman–Crippen MR) is 172 cm³/mol. The number of nitrogens with zero attached hydrogens (tertiary/aromatic N) is 4. The van der Waals surface area contributed by atoms with Gasteiger partial charge in [0.25, 0.3) is 11.8 Å². The molecule has 0 bridgehead atoms. The summed E-state index contributed by atoms with van der Waals surface area (Å²) in [5, 5.41) is 41.7.